The fraction of sp³-hybridized carbons (Fsp3) is 0.632. The number of methoxy groups -OCH3 is 2. The molecular formula is C19H29NO7S. The molecule has 0 aliphatic carbocycles. The maximum absolute atomic E-state index is 12.5. The van der Waals surface area contributed by atoms with Crippen molar-refractivity contribution in [2.45, 2.75) is 44.6 Å². The molecule has 1 atom stereocenters. The van der Waals surface area contributed by atoms with Gasteiger partial charge in [-0.05, 0) is 44.4 Å². The fourth-order valence-electron chi connectivity index (χ4n) is 2.83. The van der Waals surface area contributed by atoms with Gasteiger partial charge in [0.1, 0.15) is 6.61 Å². The maximum Gasteiger partial charge on any atom is 0.311 e. The van der Waals surface area contributed by atoms with E-state index in [4.69, 9.17) is 18.4 Å². The molecule has 1 aliphatic rings. The van der Waals surface area contributed by atoms with Crippen molar-refractivity contribution < 1.29 is 31.6 Å². The van der Waals surface area contributed by atoms with E-state index in [9.17, 15) is 13.2 Å². The SMILES string of the molecule is COCC(=O)N(Cc1ccc(OC)c(OS(=O)(=O)C(C)C)c1)C[C@H]1CCCO1. The number of hydrogen-bond donors (Lipinski definition) is 0. The minimum absolute atomic E-state index is 0.00362. The molecule has 1 saturated heterocycles. The smallest absolute Gasteiger partial charge is 0.311 e. The third kappa shape index (κ3) is 6.08. The van der Waals surface area contributed by atoms with Crippen molar-refractivity contribution in [3.05, 3.63) is 23.8 Å². The highest BCUT2D eigenvalue weighted by Gasteiger charge is 2.24. The molecule has 158 valence electrons. The molecule has 1 fully saturated rings. The van der Waals surface area contributed by atoms with Crippen molar-refractivity contribution in [2.24, 2.45) is 0 Å². The predicted octanol–water partition coefficient (Wildman–Crippen LogP) is 1.97. The van der Waals surface area contributed by atoms with Crippen molar-refractivity contribution in [3.8, 4) is 11.5 Å². The predicted molar refractivity (Wildman–Crippen MR) is 104 cm³/mol. The number of carbonyl (C=O) groups is 1. The molecule has 2 rings (SSSR count). The van der Waals surface area contributed by atoms with Gasteiger partial charge in [-0.1, -0.05) is 6.07 Å². The highest BCUT2D eigenvalue weighted by atomic mass is 32.2. The minimum Gasteiger partial charge on any atom is -0.493 e. The number of nitrogens with zero attached hydrogens (tertiary/aromatic N) is 1. The Hall–Kier alpha value is -1.84. The van der Waals surface area contributed by atoms with Crippen molar-refractivity contribution in [1.82, 2.24) is 4.90 Å². The van der Waals surface area contributed by atoms with Crippen LogP contribution in [0.3, 0.4) is 0 Å². The standard InChI is InChI=1S/C19H29NO7S/c1-14(2)28(22,23)27-18-10-15(7-8-17(18)25-4)11-20(19(21)13-24-3)12-16-6-5-9-26-16/h7-8,10,14,16H,5-6,9,11-13H2,1-4H3/t16-/m1/s1. The van der Waals surface area contributed by atoms with Gasteiger partial charge < -0.3 is 23.3 Å². The van der Waals surface area contributed by atoms with Gasteiger partial charge in [-0.15, -0.1) is 0 Å². The number of benzene rings is 1. The third-order valence-electron chi connectivity index (χ3n) is 4.45. The largest absolute Gasteiger partial charge is 0.493 e. The number of ether oxygens (including phenoxy) is 3. The lowest BCUT2D eigenvalue weighted by Gasteiger charge is -2.25. The number of hydrogen-bond acceptors (Lipinski definition) is 7. The molecule has 1 aromatic carbocycles. The molecule has 1 amide bonds. The first kappa shape index (κ1) is 22.4. The van der Waals surface area contributed by atoms with Gasteiger partial charge in [-0.3, -0.25) is 4.79 Å². The van der Waals surface area contributed by atoms with Crippen LogP contribution in [0.15, 0.2) is 18.2 Å². The summed E-state index contributed by atoms with van der Waals surface area (Å²) < 4.78 is 45.4. The summed E-state index contributed by atoms with van der Waals surface area (Å²) in [6.07, 6.45) is 1.88. The van der Waals surface area contributed by atoms with Crippen molar-refractivity contribution in [2.75, 3.05) is 34.0 Å². The minimum atomic E-state index is -3.77. The molecule has 0 aromatic heterocycles. The highest BCUT2D eigenvalue weighted by Crippen LogP contribution is 2.30. The molecule has 8 nitrogen and oxygen atoms in total. The topological polar surface area (TPSA) is 91.4 Å². The van der Waals surface area contributed by atoms with Crippen LogP contribution in [-0.2, 0) is 30.9 Å². The molecule has 1 aliphatic heterocycles. The lowest BCUT2D eigenvalue weighted by Crippen LogP contribution is -2.38. The molecule has 0 bridgehead atoms. The maximum atomic E-state index is 12.5. The van der Waals surface area contributed by atoms with Crippen LogP contribution in [0.4, 0.5) is 0 Å². The van der Waals surface area contributed by atoms with Crippen LogP contribution in [0.5, 0.6) is 11.5 Å². The first-order valence-electron chi connectivity index (χ1n) is 9.25. The normalized spacial score (nSPS) is 17.0. The number of carbonyl (C=O) groups excluding carboxylic acids is 1. The molecule has 0 N–H and O–H groups in total. The van der Waals surface area contributed by atoms with Crippen molar-refractivity contribution >= 4 is 16.0 Å². The van der Waals surface area contributed by atoms with Gasteiger partial charge in [-0.25, -0.2) is 0 Å². The van der Waals surface area contributed by atoms with E-state index in [0.29, 0.717) is 18.9 Å². The van der Waals surface area contributed by atoms with Crippen molar-refractivity contribution in [3.63, 3.8) is 0 Å². The Morgan fingerprint density at radius 2 is 2.04 bits per heavy atom. The first-order chi connectivity index (χ1) is 13.3. The molecule has 28 heavy (non-hydrogen) atoms. The van der Waals surface area contributed by atoms with Gasteiger partial charge in [0.2, 0.25) is 5.91 Å². The number of amides is 1. The summed E-state index contributed by atoms with van der Waals surface area (Å²) in [6, 6.07) is 4.99. The summed E-state index contributed by atoms with van der Waals surface area (Å²) in [6.45, 7) is 4.48. The highest BCUT2D eigenvalue weighted by molar-refractivity contribution is 7.87. The Morgan fingerprint density at radius 1 is 1.29 bits per heavy atom. The van der Waals surface area contributed by atoms with E-state index in [1.807, 2.05) is 0 Å². The monoisotopic (exact) mass is 415 g/mol. The molecule has 0 spiro atoms. The summed E-state index contributed by atoms with van der Waals surface area (Å²) in [5.74, 6) is 0.248. The third-order valence-corrected chi connectivity index (χ3v) is 6.02. The molecule has 1 aromatic rings. The van der Waals surface area contributed by atoms with Crippen LogP contribution in [0.25, 0.3) is 0 Å². The Labute approximate surface area is 166 Å². The van der Waals surface area contributed by atoms with Gasteiger partial charge in [0, 0.05) is 26.8 Å². The van der Waals surface area contributed by atoms with Crippen LogP contribution in [-0.4, -0.2) is 64.6 Å². The van der Waals surface area contributed by atoms with E-state index in [0.717, 1.165) is 18.4 Å². The van der Waals surface area contributed by atoms with Gasteiger partial charge in [0.15, 0.2) is 11.5 Å². The lowest BCUT2D eigenvalue weighted by atomic mass is 10.1. The quantitative estimate of drug-likeness (QED) is 0.540. The summed E-state index contributed by atoms with van der Waals surface area (Å²) in [5, 5.41) is -0.694. The molecular weight excluding hydrogens is 386 g/mol. The zero-order valence-electron chi connectivity index (χ0n) is 16.8. The average molecular weight is 416 g/mol. The van der Waals surface area contributed by atoms with E-state index < -0.39 is 15.4 Å². The van der Waals surface area contributed by atoms with Gasteiger partial charge in [-0.2, -0.15) is 8.42 Å². The Kier molecular flexibility index (Phi) is 8.09. The molecule has 0 saturated carbocycles. The fourth-order valence-corrected chi connectivity index (χ4v) is 3.40. The van der Waals surface area contributed by atoms with Gasteiger partial charge in [0.25, 0.3) is 0 Å². The van der Waals surface area contributed by atoms with Crippen LogP contribution in [0, 0.1) is 0 Å². The Bertz CT molecular complexity index is 758. The average Bonchev–Trinajstić information content (AvgIpc) is 3.14. The van der Waals surface area contributed by atoms with Crippen LogP contribution >= 0.6 is 0 Å². The molecule has 1 heterocycles. The van der Waals surface area contributed by atoms with E-state index in [1.54, 1.807) is 36.9 Å². The Balaban J connectivity index is 2.23. The van der Waals surface area contributed by atoms with Crippen LogP contribution < -0.4 is 8.92 Å². The van der Waals surface area contributed by atoms with Gasteiger partial charge in [0.05, 0.1) is 18.5 Å². The molecule has 0 radical (unpaired) electrons. The first-order valence-corrected chi connectivity index (χ1v) is 10.7. The number of rotatable bonds is 10. The summed E-state index contributed by atoms with van der Waals surface area (Å²) in [7, 11) is -0.863. The van der Waals surface area contributed by atoms with E-state index in [-0.39, 0.29) is 30.9 Å². The summed E-state index contributed by atoms with van der Waals surface area (Å²) >= 11 is 0. The van der Waals surface area contributed by atoms with Gasteiger partial charge >= 0.3 is 10.1 Å². The lowest BCUT2D eigenvalue weighted by molar-refractivity contribution is -0.137. The summed E-state index contributed by atoms with van der Waals surface area (Å²) in [4.78, 5) is 14.1. The molecule has 0 unspecified atom stereocenters. The molecule has 9 heteroatoms. The second-order valence-electron chi connectivity index (χ2n) is 6.95. The van der Waals surface area contributed by atoms with E-state index >= 15 is 0 Å². The van der Waals surface area contributed by atoms with E-state index in [1.165, 1.54) is 14.2 Å². The zero-order chi connectivity index (χ0) is 20.7. The Morgan fingerprint density at radius 3 is 2.61 bits per heavy atom. The zero-order valence-corrected chi connectivity index (χ0v) is 17.7. The van der Waals surface area contributed by atoms with E-state index in [2.05, 4.69) is 0 Å². The van der Waals surface area contributed by atoms with Crippen molar-refractivity contribution in [1.29, 1.82) is 0 Å². The second-order valence-corrected chi connectivity index (χ2v) is 9.05. The van der Waals surface area contributed by atoms with Crippen LogP contribution in [0.2, 0.25) is 0 Å². The van der Waals surface area contributed by atoms with Crippen LogP contribution in [0.1, 0.15) is 32.3 Å². The summed E-state index contributed by atoms with van der Waals surface area (Å²) in [5.41, 5.74) is 0.720. The second kappa shape index (κ2) is 10.1.